The highest BCUT2D eigenvalue weighted by atomic mass is 16.4. The lowest BCUT2D eigenvalue weighted by Gasteiger charge is -2.04. The lowest BCUT2D eigenvalue weighted by Crippen LogP contribution is -2.20. The van der Waals surface area contributed by atoms with Crippen LogP contribution in [0.4, 0.5) is 0 Å². The van der Waals surface area contributed by atoms with Gasteiger partial charge in [0.25, 0.3) is 0 Å². The predicted molar refractivity (Wildman–Crippen MR) is 47.8 cm³/mol. The highest BCUT2D eigenvalue weighted by Crippen LogP contribution is 2.30. The van der Waals surface area contributed by atoms with Crippen molar-refractivity contribution in [1.29, 1.82) is 0 Å². The van der Waals surface area contributed by atoms with Crippen LogP contribution >= 0.6 is 0 Å². The van der Waals surface area contributed by atoms with E-state index < -0.39 is 7.12 Å². The van der Waals surface area contributed by atoms with Gasteiger partial charge in [-0.25, -0.2) is 0 Å². The van der Waals surface area contributed by atoms with Crippen LogP contribution in [0.15, 0.2) is 24.3 Å². The third-order valence-electron chi connectivity index (χ3n) is 2.50. The number of hydrogen-bond donors (Lipinski definition) is 2. The average molecular weight is 162 g/mol. The molecule has 0 radical (unpaired) electrons. The lowest BCUT2D eigenvalue weighted by atomic mass is 9.71. The van der Waals surface area contributed by atoms with Crippen molar-refractivity contribution in [2.75, 3.05) is 0 Å². The molecule has 12 heavy (non-hydrogen) atoms. The van der Waals surface area contributed by atoms with E-state index in [2.05, 4.69) is 12.1 Å². The van der Waals surface area contributed by atoms with Crippen LogP contribution in [0.25, 0.3) is 0 Å². The van der Waals surface area contributed by atoms with Crippen molar-refractivity contribution in [2.24, 2.45) is 0 Å². The van der Waals surface area contributed by atoms with Gasteiger partial charge in [0.2, 0.25) is 0 Å². The van der Waals surface area contributed by atoms with E-state index >= 15 is 0 Å². The van der Waals surface area contributed by atoms with Crippen molar-refractivity contribution in [3.63, 3.8) is 0 Å². The standard InChI is InChI=1S/C9H11BO2/c11-10(12)9-5-7-3-1-2-4-8(7)6-9/h1-4,9,11-12H,5-6H2. The Balaban J connectivity index is 2.22. The third kappa shape index (κ3) is 1.26. The zero-order valence-electron chi connectivity index (χ0n) is 6.77. The first-order valence-corrected chi connectivity index (χ1v) is 4.20. The molecule has 0 spiro atoms. The highest BCUT2D eigenvalue weighted by molar-refractivity contribution is 6.43. The third-order valence-corrected chi connectivity index (χ3v) is 2.50. The Bertz CT molecular complexity index is 261. The van der Waals surface area contributed by atoms with Gasteiger partial charge in [-0.3, -0.25) is 0 Å². The monoisotopic (exact) mass is 162 g/mol. The zero-order chi connectivity index (χ0) is 8.55. The van der Waals surface area contributed by atoms with Crippen molar-refractivity contribution < 1.29 is 10.0 Å². The summed E-state index contributed by atoms with van der Waals surface area (Å²) in [4.78, 5) is 0. The van der Waals surface area contributed by atoms with Crippen LogP contribution in [0, 0.1) is 0 Å². The van der Waals surface area contributed by atoms with Gasteiger partial charge in [0.1, 0.15) is 0 Å². The van der Waals surface area contributed by atoms with Gasteiger partial charge < -0.3 is 10.0 Å². The fraction of sp³-hybridized carbons (Fsp3) is 0.333. The van der Waals surface area contributed by atoms with Crippen molar-refractivity contribution in [1.82, 2.24) is 0 Å². The molecule has 62 valence electrons. The maximum Gasteiger partial charge on any atom is 0.455 e. The van der Waals surface area contributed by atoms with Gasteiger partial charge in [-0.1, -0.05) is 24.3 Å². The van der Waals surface area contributed by atoms with Crippen LogP contribution in [-0.2, 0) is 12.8 Å². The van der Waals surface area contributed by atoms with E-state index in [4.69, 9.17) is 10.0 Å². The molecule has 0 fully saturated rings. The molecule has 0 saturated carbocycles. The van der Waals surface area contributed by atoms with E-state index in [0.29, 0.717) is 0 Å². The first-order chi connectivity index (χ1) is 5.77. The van der Waals surface area contributed by atoms with E-state index in [1.165, 1.54) is 11.1 Å². The first kappa shape index (κ1) is 7.83. The second-order valence-electron chi connectivity index (χ2n) is 3.35. The van der Waals surface area contributed by atoms with Gasteiger partial charge in [0.05, 0.1) is 0 Å². The van der Waals surface area contributed by atoms with E-state index in [1.807, 2.05) is 12.1 Å². The highest BCUT2D eigenvalue weighted by Gasteiger charge is 2.29. The minimum atomic E-state index is -1.17. The summed E-state index contributed by atoms with van der Waals surface area (Å²) in [7, 11) is -1.17. The smallest absolute Gasteiger partial charge is 0.427 e. The minimum absolute atomic E-state index is 0.00222. The molecule has 0 aliphatic heterocycles. The molecule has 1 aromatic rings. The second kappa shape index (κ2) is 2.92. The largest absolute Gasteiger partial charge is 0.455 e. The molecular formula is C9H11BO2. The fourth-order valence-corrected chi connectivity index (χ4v) is 1.80. The van der Waals surface area contributed by atoms with Crippen LogP contribution < -0.4 is 0 Å². The molecular weight excluding hydrogens is 151 g/mol. The Morgan fingerprint density at radius 2 is 1.58 bits per heavy atom. The molecule has 0 aromatic heterocycles. The summed E-state index contributed by atoms with van der Waals surface area (Å²) in [6.07, 6.45) is 1.60. The van der Waals surface area contributed by atoms with Gasteiger partial charge >= 0.3 is 7.12 Å². The van der Waals surface area contributed by atoms with Crippen molar-refractivity contribution in [3.8, 4) is 0 Å². The lowest BCUT2D eigenvalue weighted by molar-refractivity contribution is 0.385. The quantitative estimate of drug-likeness (QED) is 0.594. The molecule has 2 nitrogen and oxygen atoms in total. The SMILES string of the molecule is OB(O)C1Cc2ccccc2C1. The maximum atomic E-state index is 8.98. The molecule has 0 amide bonds. The molecule has 0 heterocycles. The van der Waals surface area contributed by atoms with Gasteiger partial charge in [-0.05, 0) is 24.0 Å². The second-order valence-corrected chi connectivity index (χ2v) is 3.35. The summed E-state index contributed by atoms with van der Waals surface area (Å²) < 4.78 is 0. The Hall–Kier alpha value is -0.795. The van der Waals surface area contributed by atoms with Crippen LogP contribution in [0.2, 0.25) is 5.82 Å². The molecule has 2 N–H and O–H groups in total. The Morgan fingerprint density at radius 1 is 1.08 bits per heavy atom. The summed E-state index contributed by atoms with van der Waals surface area (Å²) in [5, 5.41) is 18.0. The summed E-state index contributed by atoms with van der Waals surface area (Å²) in [5.41, 5.74) is 2.52. The predicted octanol–water partition coefficient (Wildman–Crippen LogP) is 0.628. The molecule has 0 atom stereocenters. The number of rotatable bonds is 1. The summed E-state index contributed by atoms with van der Waals surface area (Å²) in [5.74, 6) is 0.00222. The van der Waals surface area contributed by atoms with E-state index in [-0.39, 0.29) is 5.82 Å². The van der Waals surface area contributed by atoms with Crippen molar-refractivity contribution in [2.45, 2.75) is 18.7 Å². The van der Waals surface area contributed by atoms with Crippen LogP contribution in [0.3, 0.4) is 0 Å². The van der Waals surface area contributed by atoms with Gasteiger partial charge in [-0.2, -0.15) is 0 Å². The van der Waals surface area contributed by atoms with Crippen molar-refractivity contribution in [3.05, 3.63) is 35.4 Å². The minimum Gasteiger partial charge on any atom is -0.427 e. The zero-order valence-corrected chi connectivity index (χ0v) is 6.77. The molecule has 0 unspecified atom stereocenters. The maximum absolute atomic E-state index is 8.98. The fourth-order valence-electron chi connectivity index (χ4n) is 1.80. The summed E-state index contributed by atoms with van der Waals surface area (Å²) in [6.45, 7) is 0. The van der Waals surface area contributed by atoms with Crippen molar-refractivity contribution >= 4 is 7.12 Å². The molecule has 0 saturated heterocycles. The first-order valence-electron chi connectivity index (χ1n) is 4.20. The van der Waals surface area contributed by atoms with E-state index in [9.17, 15) is 0 Å². The number of hydrogen-bond acceptors (Lipinski definition) is 2. The van der Waals surface area contributed by atoms with Crippen LogP contribution in [0.1, 0.15) is 11.1 Å². The van der Waals surface area contributed by atoms with Gasteiger partial charge in [-0.15, -0.1) is 0 Å². The summed E-state index contributed by atoms with van der Waals surface area (Å²) in [6, 6.07) is 8.09. The van der Waals surface area contributed by atoms with Gasteiger partial charge in [0.15, 0.2) is 0 Å². The van der Waals surface area contributed by atoms with Gasteiger partial charge in [0, 0.05) is 5.82 Å². The number of fused-ring (bicyclic) bond motifs is 1. The normalized spacial score (nSPS) is 16.2. The average Bonchev–Trinajstić information content (AvgIpc) is 2.46. The van der Waals surface area contributed by atoms with E-state index in [1.54, 1.807) is 0 Å². The molecule has 1 aliphatic rings. The molecule has 3 heteroatoms. The molecule has 1 aliphatic carbocycles. The van der Waals surface area contributed by atoms with Crippen LogP contribution in [0.5, 0.6) is 0 Å². The van der Waals surface area contributed by atoms with E-state index in [0.717, 1.165) is 12.8 Å². The Morgan fingerprint density at radius 3 is 2.00 bits per heavy atom. The molecule has 2 rings (SSSR count). The van der Waals surface area contributed by atoms with Crippen LogP contribution in [-0.4, -0.2) is 17.2 Å². The Kier molecular flexibility index (Phi) is 1.91. The summed E-state index contributed by atoms with van der Waals surface area (Å²) >= 11 is 0. The number of benzene rings is 1. The topological polar surface area (TPSA) is 40.5 Å². The molecule has 0 bridgehead atoms. The molecule has 1 aromatic carbocycles. The Labute approximate surface area is 72.0 Å².